The van der Waals surface area contributed by atoms with Crippen molar-refractivity contribution < 1.29 is 4.79 Å². The normalized spacial score (nSPS) is 9.94. The molecular formula is C12H14OS3. The highest BCUT2D eigenvalue weighted by atomic mass is 32.2. The van der Waals surface area contributed by atoms with Crippen LogP contribution in [0.3, 0.4) is 0 Å². The molecule has 0 aliphatic rings. The van der Waals surface area contributed by atoms with Crippen LogP contribution in [0.4, 0.5) is 0 Å². The van der Waals surface area contributed by atoms with Gasteiger partial charge in [0.2, 0.25) is 0 Å². The average Bonchev–Trinajstić information content (AvgIpc) is 2.30. The number of carbonyl (C=O) groups excluding carboxylic acids is 1. The summed E-state index contributed by atoms with van der Waals surface area (Å²) in [6, 6.07) is 9.99. The third kappa shape index (κ3) is 3.92. The maximum atomic E-state index is 11.6. The number of allylic oxidation sites excluding steroid dienone is 1. The Labute approximate surface area is 109 Å². The smallest absolute Gasteiger partial charge is 0.168 e. The zero-order valence-electron chi connectivity index (χ0n) is 9.52. The molecule has 0 radical (unpaired) electrons. The van der Waals surface area contributed by atoms with Crippen molar-refractivity contribution in [3.8, 4) is 0 Å². The quantitative estimate of drug-likeness (QED) is 0.587. The van der Waals surface area contributed by atoms with E-state index in [0.29, 0.717) is 0 Å². The zero-order chi connectivity index (χ0) is 12.0. The number of benzene rings is 1. The van der Waals surface area contributed by atoms with Gasteiger partial charge < -0.3 is 0 Å². The third-order valence-corrected chi connectivity index (χ3v) is 5.45. The van der Waals surface area contributed by atoms with Gasteiger partial charge in [-0.2, -0.15) is 0 Å². The van der Waals surface area contributed by atoms with Crippen LogP contribution in [-0.2, 0) is 4.79 Å². The SMILES string of the molecule is CSC(SC)=C(Sc1ccccc1)C(C)=O. The van der Waals surface area contributed by atoms with Gasteiger partial charge in [-0.05, 0) is 31.6 Å². The van der Waals surface area contributed by atoms with Gasteiger partial charge in [0.25, 0.3) is 0 Å². The van der Waals surface area contributed by atoms with E-state index in [2.05, 4.69) is 0 Å². The molecule has 1 nitrogen and oxygen atoms in total. The van der Waals surface area contributed by atoms with Crippen molar-refractivity contribution >= 4 is 41.1 Å². The molecule has 0 aliphatic heterocycles. The first-order valence-corrected chi connectivity index (χ1v) is 8.01. The van der Waals surface area contributed by atoms with E-state index in [4.69, 9.17) is 0 Å². The molecule has 86 valence electrons. The van der Waals surface area contributed by atoms with Crippen molar-refractivity contribution in [2.45, 2.75) is 11.8 Å². The molecule has 1 aromatic carbocycles. The summed E-state index contributed by atoms with van der Waals surface area (Å²) >= 11 is 4.80. The van der Waals surface area contributed by atoms with Gasteiger partial charge in [-0.1, -0.05) is 30.0 Å². The Hall–Kier alpha value is -0.320. The van der Waals surface area contributed by atoms with Crippen LogP contribution in [0.5, 0.6) is 0 Å². The maximum Gasteiger partial charge on any atom is 0.168 e. The lowest BCUT2D eigenvalue weighted by Gasteiger charge is -2.08. The van der Waals surface area contributed by atoms with Gasteiger partial charge in [-0.15, -0.1) is 23.5 Å². The summed E-state index contributed by atoms with van der Waals surface area (Å²) in [5.41, 5.74) is 0. The van der Waals surface area contributed by atoms with Gasteiger partial charge in [0, 0.05) is 4.90 Å². The number of Topliss-reactive ketones (excluding diaryl/α,β-unsaturated/α-hetero) is 1. The summed E-state index contributed by atoms with van der Waals surface area (Å²) < 4.78 is 1.08. The van der Waals surface area contributed by atoms with Crippen LogP contribution in [0.2, 0.25) is 0 Å². The fraction of sp³-hybridized carbons (Fsp3) is 0.250. The molecule has 0 spiro atoms. The summed E-state index contributed by atoms with van der Waals surface area (Å²) in [6.07, 6.45) is 4.00. The topological polar surface area (TPSA) is 17.1 Å². The Morgan fingerprint density at radius 1 is 1.06 bits per heavy atom. The van der Waals surface area contributed by atoms with Crippen LogP contribution < -0.4 is 0 Å². The van der Waals surface area contributed by atoms with Crippen LogP contribution in [0, 0.1) is 0 Å². The van der Waals surface area contributed by atoms with Crippen molar-refractivity contribution in [2.24, 2.45) is 0 Å². The van der Waals surface area contributed by atoms with E-state index in [1.807, 2.05) is 42.8 Å². The molecule has 0 bridgehead atoms. The van der Waals surface area contributed by atoms with Crippen molar-refractivity contribution in [3.05, 3.63) is 39.5 Å². The first kappa shape index (κ1) is 13.7. The molecule has 0 N–H and O–H groups in total. The number of ketones is 1. The maximum absolute atomic E-state index is 11.6. The van der Waals surface area contributed by atoms with Gasteiger partial charge in [-0.25, -0.2) is 0 Å². The van der Waals surface area contributed by atoms with Crippen molar-refractivity contribution in [2.75, 3.05) is 12.5 Å². The summed E-state index contributed by atoms with van der Waals surface area (Å²) in [6.45, 7) is 1.62. The van der Waals surface area contributed by atoms with Gasteiger partial charge in [0.1, 0.15) is 0 Å². The molecule has 16 heavy (non-hydrogen) atoms. The highest BCUT2D eigenvalue weighted by molar-refractivity contribution is 8.22. The van der Waals surface area contributed by atoms with Gasteiger partial charge in [-0.3, -0.25) is 4.79 Å². The number of carbonyl (C=O) groups is 1. The van der Waals surface area contributed by atoms with Crippen molar-refractivity contribution in [1.29, 1.82) is 0 Å². The first-order chi connectivity index (χ1) is 7.69. The Morgan fingerprint density at radius 2 is 1.62 bits per heavy atom. The van der Waals surface area contributed by atoms with E-state index in [-0.39, 0.29) is 5.78 Å². The molecule has 1 aromatic rings. The van der Waals surface area contributed by atoms with Crippen LogP contribution >= 0.6 is 35.3 Å². The van der Waals surface area contributed by atoms with Crippen molar-refractivity contribution in [3.63, 3.8) is 0 Å². The molecule has 0 amide bonds. The van der Waals surface area contributed by atoms with Gasteiger partial charge in [0.15, 0.2) is 5.78 Å². The molecule has 1 rings (SSSR count). The Kier molecular flexibility index (Phi) is 6.09. The van der Waals surface area contributed by atoms with Gasteiger partial charge >= 0.3 is 0 Å². The van der Waals surface area contributed by atoms with Crippen molar-refractivity contribution in [1.82, 2.24) is 0 Å². The minimum atomic E-state index is 0.132. The van der Waals surface area contributed by atoms with E-state index in [1.165, 1.54) is 0 Å². The second-order valence-corrected chi connectivity index (χ2v) is 5.97. The minimum Gasteiger partial charge on any atom is -0.294 e. The van der Waals surface area contributed by atoms with E-state index in [0.717, 1.165) is 14.0 Å². The first-order valence-electron chi connectivity index (χ1n) is 4.75. The fourth-order valence-corrected chi connectivity index (χ4v) is 3.96. The largest absolute Gasteiger partial charge is 0.294 e. The lowest BCUT2D eigenvalue weighted by molar-refractivity contribution is -0.112. The lowest BCUT2D eigenvalue weighted by Crippen LogP contribution is -1.94. The highest BCUT2D eigenvalue weighted by Gasteiger charge is 2.12. The monoisotopic (exact) mass is 270 g/mol. The molecule has 0 aromatic heterocycles. The summed E-state index contributed by atoms with van der Waals surface area (Å²) in [5, 5.41) is 0. The molecule has 0 aliphatic carbocycles. The predicted molar refractivity (Wildman–Crippen MR) is 77.0 cm³/mol. The standard InChI is InChI=1S/C12H14OS3/c1-9(13)11(12(14-2)15-3)16-10-7-5-4-6-8-10/h4-8H,1-3H3. The molecule has 0 atom stereocenters. The van der Waals surface area contributed by atoms with Crippen LogP contribution in [0.15, 0.2) is 44.4 Å². The van der Waals surface area contributed by atoms with E-state index in [1.54, 1.807) is 42.2 Å². The minimum absolute atomic E-state index is 0.132. The average molecular weight is 270 g/mol. The molecule has 0 saturated carbocycles. The fourth-order valence-electron chi connectivity index (χ4n) is 1.13. The predicted octanol–water partition coefficient (Wildman–Crippen LogP) is 4.26. The summed E-state index contributed by atoms with van der Waals surface area (Å²) in [4.78, 5) is 13.5. The van der Waals surface area contributed by atoms with E-state index >= 15 is 0 Å². The number of rotatable bonds is 5. The number of thioether (sulfide) groups is 3. The highest BCUT2D eigenvalue weighted by Crippen LogP contribution is 2.37. The van der Waals surface area contributed by atoms with Crippen LogP contribution in [-0.4, -0.2) is 18.3 Å². The Bertz CT molecular complexity index is 379. The molecular weight excluding hydrogens is 256 g/mol. The van der Waals surface area contributed by atoms with Crippen LogP contribution in [0.1, 0.15) is 6.92 Å². The molecule has 0 heterocycles. The van der Waals surface area contributed by atoms with E-state index < -0.39 is 0 Å². The Balaban J connectivity index is 2.97. The number of hydrogen-bond acceptors (Lipinski definition) is 4. The van der Waals surface area contributed by atoms with Gasteiger partial charge in [0.05, 0.1) is 9.14 Å². The summed E-state index contributed by atoms with van der Waals surface area (Å²) in [5.74, 6) is 0.132. The molecule has 0 saturated heterocycles. The lowest BCUT2D eigenvalue weighted by atomic mass is 10.4. The number of hydrogen-bond donors (Lipinski definition) is 0. The second-order valence-electron chi connectivity index (χ2n) is 3.00. The van der Waals surface area contributed by atoms with E-state index in [9.17, 15) is 4.79 Å². The Morgan fingerprint density at radius 3 is 2.06 bits per heavy atom. The molecule has 0 unspecified atom stereocenters. The van der Waals surface area contributed by atoms with Crippen LogP contribution in [0.25, 0.3) is 0 Å². The summed E-state index contributed by atoms with van der Waals surface area (Å²) in [7, 11) is 0. The zero-order valence-corrected chi connectivity index (χ0v) is 12.0. The molecule has 0 fully saturated rings. The molecule has 4 heteroatoms. The third-order valence-electron chi connectivity index (χ3n) is 1.84. The second kappa shape index (κ2) is 7.09.